The van der Waals surface area contributed by atoms with Crippen LogP contribution in [0.15, 0.2) is 54.6 Å². The Hall–Kier alpha value is -2.38. The van der Waals surface area contributed by atoms with Gasteiger partial charge < -0.3 is 10.1 Å². The molecular weight excluding hydrogens is 352 g/mol. The molecule has 0 saturated carbocycles. The number of carbonyl (C=O) groups is 1. The molecule has 6 nitrogen and oxygen atoms in total. The number of nitrogens with zero attached hydrogens (tertiary/aromatic N) is 1. The van der Waals surface area contributed by atoms with Crippen molar-refractivity contribution in [2.24, 2.45) is 0 Å². The Morgan fingerprint density at radius 3 is 2.31 bits per heavy atom. The Labute approximate surface area is 154 Å². The summed E-state index contributed by atoms with van der Waals surface area (Å²) in [5.74, 6) is 0.191. The summed E-state index contributed by atoms with van der Waals surface area (Å²) in [7, 11) is -2.17. The van der Waals surface area contributed by atoms with Crippen LogP contribution in [0, 0.1) is 0 Å². The van der Waals surface area contributed by atoms with E-state index < -0.39 is 22.0 Å². The predicted molar refractivity (Wildman–Crippen MR) is 103 cm³/mol. The van der Waals surface area contributed by atoms with Crippen molar-refractivity contribution in [3.8, 4) is 5.75 Å². The molecule has 2 aromatic carbocycles. The van der Waals surface area contributed by atoms with Gasteiger partial charge in [-0.2, -0.15) is 4.31 Å². The summed E-state index contributed by atoms with van der Waals surface area (Å²) in [5.41, 5.74) is 1.13. The lowest BCUT2D eigenvalue weighted by Gasteiger charge is -2.25. The van der Waals surface area contributed by atoms with Gasteiger partial charge in [0.25, 0.3) is 0 Å². The summed E-state index contributed by atoms with van der Waals surface area (Å²) in [5, 5.41) is 2.78. The van der Waals surface area contributed by atoms with Crippen molar-refractivity contribution in [2.45, 2.75) is 26.0 Å². The van der Waals surface area contributed by atoms with Gasteiger partial charge in [0.15, 0.2) is 0 Å². The van der Waals surface area contributed by atoms with Crippen LogP contribution in [0.4, 0.5) is 5.69 Å². The number of amides is 1. The average molecular weight is 376 g/mol. The molecule has 2 rings (SSSR count). The van der Waals surface area contributed by atoms with E-state index in [1.165, 1.54) is 7.05 Å². The van der Waals surface area contributed by atoms with Crippen LogP contribution in [-0.4, -0.2) is 38.0 Å². The van der Waals surface area contributed by atoms with E-state index >= 15 is 0 Å². The fourth-order valence-electron chi connectivity index (χ4n) is 2.48. The Bertz CT molecular complexity index is 851. The zero-order valence-electron chi connectivity index (χ0n) is 15.3. The summed E-state index contributed by atoms with van der Waals surface area (Å²) in [4.78, 5) is 12.9. The smallest absolute Gasteiger partial charge is 0.247 e. The van der Waals surface area contributed by atoms with E-state index in [2.05, 4.69) is 5.32 Å². The lowest BCUT2D eigenvalue weighted by Crippen LogP contribution is -2.38. The molecular formula is C19H24N2O4S. The van der Waals surface area contributed by atoms with Crippen molar-refractivity contribution in [1.82, 2.24) is 4.31 Å². The number of nitrogens with one attached hydrogen (secondary N) is 1. The first-order chi connectivity index (χ1) is 12.2. The second-order valence-electron chi connectivity index (χ2n) is 6.28. The first-order valence-electron chi connectivity index (χ1n) is 8.24. The molecule has 2 aromatic rings. The molecule has 0 aliphatic carbocycles. The first kappa shape index (κ1) is 19.9. The van der Waals surface area contributed by atoms with Crippen molar-refractivity contribution in [3.63, 3.8) is 0 Å². The van der Waals surface area contributed by atoms with Gasteiger partial charge in [0.05, 0.1) is 12.4 Å². The number of likely N-dealkylation sites (N-methyl/N-ethyl adjacent to an activating group) is 1. The quantitative estimate of drug-likeness (QED) is 0.806. The van der Waals surface area contributed by atoms with E-state index in [1.807, 2.05) is 19.9 Å². The zero-order valence-corrected chi connectivity index (χ0v) is 16.2. The molecule has 7 heteroatoms. The normalized spacial score (nSPS) is 12.8. The van der Waals surface area contributed by atoms with E-state index in [0.717, 1.165) is 10.6 Å². The molecule has 0 aliphatic rings. The summed E-state index contributed by atoms with van der Waals surface area (Å²) in [6.07, 6.45) is 1.09. The number of ether oxygens (including phenoxy) is 1. The minimum atomic E-state index is -3.56. The first-order valence-corrected chi connectivity index (χ1v) is 10.1. The van der Waals surface area contributed by atoms with Gasteiger partial charge in [-0.15, -0.1) is 0 Å². The van der Waals surface area contributed by atoms with E-state index in [1.54, 1.807) is 48.5 Å². The van der Waals surface area contributed by atoms with E-state index in [9.17, 15) is 13.2 Å². The highest BCUT2D eigenvalue weighted by Crippen LogP contribution is 2.25. The fraction of sp³-hybridized carbons (Fsp3) is 0.316. The van der Waals surface area contributed by atoms with Gasteiger partial charge in [-0.25, -0.2) is 8.42 Å². The maximum absolute atomic E-state index is 12.9. The van der Waals surface area contributed by atoms with E-state index in [4.69, 9.17) is 4.74 Å². The molecule has 1 amide bonds. The highest BCUT2D eigenvalue weighted by Gasteiger charge is 2.30. The number of rotatable bonds is 7. The lowest BCUT2D eigenvalue weighted by molar-refractivity contribution is -0.119. The third kappa shape index (κ3) is 5.31. The highest BCUT2D eigenvalue weighted by molar-refractivity contribution is 7.88. The molecule has 1 atom stereocenters. The second-order valence-corrected chi connectivity index (χ2v) is 8.32. The van der Waals surface area contributed by atoms with Gasteiger partial charge in [0.2, 0.25) is 15.9 Å². The van der Waals surface area contributed by atoms with Crippen LogP contribution in [0.2, 0.25) is 0 Å². The maximum atomic E-state index is 12.9. The molecule has 26 heavy (non-hydrogen) atoms. The molecule has 0 fully saturated rings. The van der Waals surface area contributed by atoms with Crippen molar-refractivity contribution >= 4 is 21.6 Å². The van der Waals surface area contributed by atoms with Crippen LogP contribution in [0.1, 0.15) is 25.5 Å². The fourth-order valence-corrected chi connectivity index (χ4v) is 3.08. The number of carbonyl (C=O) groups excluding carboxylic acids is 1. The number of sulfonamides is 1. The predicted octanol–water partition coefficient (Wildman–Crippen LogP) is 3.05. The van der Waals surface area contributed by atoms with Crippen molar-refractivity contribution in [3.05, 3.63) is 60.2 Å². The Morgan fingerprint density at radius 1 is 1.08 bits per heavy atom. The largest absolute Gasteiger partial charge is 0.491 e. The molecule has 1 N–H and O–H groups in total. The molecule has 0 aromatic heterocycles. The third-order valence-corrected chi connectivity index (χ3v) is 4.98. The standard InChI is InChI=1S/C19H24N2O4S/c1-14(2)25-17-12-8-11-16(13-17)20-19(22)18(21(3)26(4,23)24)15-9-6-5-7-10-15/h5-14,18H,1-4H3,(H,20,22). The van der Waals surface area contributed by atoms with Crippen LogP contribution < -0.4 is 10.1 Å². The summed E-state index contributed by atoms with van der Waals surface area (Å²) < 4.78 is 30.7. The van der Waals surface area contributed by atoms with Crippen LogP contribution >= 0.6 is 0 Å². The Kier molecular flexibility index (Phi) is 6.39. The Balaban J connectivity index is 2.30. The number of benzene rings is 2. The molecule has 0 heterocycles. The van der Waals surface area contributed by atoms with Crippen LogP contribution in [-0.2, 0) is 14.8 Å². The van der Waals surface area contributed by atoms with E-state index in [-0.39, 0.29) is 6.10 Å². The van der Waals surface area contributed by atoms with Gasteiger partial charge in [-0.3, -0.25) is 4.79 Å². The minimum absolute atomic E-state index is 0.00869. The zero-order chi connectivity index (χ0) is 19.3. The van der Waals surface area contributed by atoms with Crippen LogP contribution in [0.5, 0.6) is 5.75 Å². The number of hydrogen-bond donors (Lipinski definition) is 1. The van der Waals surface area contributed by atoms with Crippen LogP contribution in [0.3, 0.4) is 0 Å². The van der Waals surface area contributed by atoms with Crippen LogP contribution in [0.25, 0.3) is 0 Å². The SMILES string of the molecule is CC(C)Oc1cccc(NC(=O)C(c2ccccc2)N(C)S(C)(=O)=O)c1. The van der Waals surface area contributed by atoms with Gasteiger partial charge in [-0.1, -0.05) is 36.4 Å². The van der Waals surface area contributed by atoms with Gasteiger partial charge >= 0.3 is 0 Å². The van der Waals surface area contributed by atoms with Gasteiger partial charge in [-0.05, 0) is 31.5 Å². The topological polar surface area (TPSA) is 75.7 Å². The summed E-state index contributed by atoms with van der Waals surface area (Å²) in [6.45, 7) is 3.83. The highest BCUT2D eigenvalue weighted by atomic mass is 32.2. The number of hydrogen-bond acceptors (Lipinski definition) is 4. The Morgan fingerprint density at radius 2 is 1.73 bits per heavy atom. The molecule has 0 aliphatic heterocycles. The van der Waals surface area contributed by atoms with Crippen molar-refractivity contribution in [1.29, 1.82) is 0 Å². The van der Waals surface area contributed by atoms with Gasteiger partial charge in [0, 0.05) is 18.8 Å². The third-order valence-electron chi connectivity index (χ3n) is 3.72. The monoisotopic (exact) mass is 376 g/mol. The molecule has 0 radical (unpaired) electrons. The van der Waals surface area contributed by atoms with Crippen molar-refractivity contribution < 1.29 is 17.9 Å². The molecule has 1 unspecified atom stereocenters. The molecule has 0 spiro atoms. The molecule has 140 valence electrons. The van der Waals surface area contributed by atoms with E-state index in [0.29, 0.717) is 17.0 Å². The second kappa shape index (κ2) is 8.33. The lowest BCUT2D eigenvalue weighted by atomic mass is 10.1. The number of anilines is 1. The average Bonchev–Trinajstić information content (AvgIpc) is 2.54. The van der Waals surface area contributed by atoms with Crippen molar-refractivity contribution in [2.75, 3.05) is 18.6 Å². The van der Waals surface area contributed by atoms with Gasteiger partial charge in [0.1, 0.15) is 11.8 Å². The maximum Gasteiger partial charge on any atom is 0.247 e. The summed E-state index contributed by atoms with van der Waals surface area (Å²) >= 11 is 0. The minimum Gasteiger partial charge on any atom is -0.491 e. The summed E-state index contributed by atoms with van der Waals surface area (Å²) in [6, 6.07) is 14.8. The molecule has 0 bridgehead atoms. The molecule has 0 saturated heterocycles.